The van der Waals surface area contributed by atoms with Crippen molar-refractivity contribution in [2.45, 2.75) is 44.6 Å². The zero-order valence-electron chi connectivity index (χ0n) is 11.9. The lowest BCUT2D eigenvalue weighted by atomic mass is 9.99. The molecule has 1 unspecified atom stereocenters. The molecule has 0 spiro atoms. The van der Waals surface area contributed by atoms with Crippen LogP contribution in [0.1, 0.15) is 36.4 Å². The molecule has 1 aromatic rings. The highest BCUT2D eigenvalue weighted by molar-refractivity contribution is 6.40. The molecule has 0 radical (unpaired) electrons. The quantitative estimate of drug-likeness (QED) is 0.928. The predicted molar refractivity (Wildman–Crippen MR) is 77.4 cm³/mol. The fourth-order valence-electron chi connectivity index (χ4n) is 3.27. The maximum atomic E-state index is 14.3. The van der Waals surface area contributed by atoms with E-state index in [1.54, 1.807) is 5.01 Å². The third-order valence-electron chi connectivity index (χ3n) is 4.62. The Kier molecular flexibility index (Phi) is 2.77. The second-order valence-corrected chi connectivity index (χ2v) is 6.18. The van der Waals surface area contributed by atoms with Crippen LogP contribution in [0.5, 0.6) is 0 Å². The summed E-state index contributed by atoms with van der Waals surface area (Å²) in [6.07, 6.45) is 0.779. The summed E-state index contributed by atoms with van der Waals surface area (Å²) in [4.78, 5) is 12.1. The molecule has 0 bridgehead atoms. The van der Waals surface area contributed by atoms with E-state index in [0.717, 1.165) is 24.0 Å². The van der Waals surface area contributed by atoms with Crippen molar-refractivity contribution in [3.63, 3.8) is 0 Å². The average Bonchev–Trinajstić information content (AvgIpc) is 3.15. The standard InChI is InChI=1S/C16H18FN3O/c1-9-4-2-3-5-11(9)13-8-12(17)16-18-15(19-20(13)16)14(21)10-6-7-10/h2-5,10,12-13,16H,6-8H2,1H3,(H,18,19)/t12-,13-,16?/m0/s1. The summed E-state index contributed by atoms with van der Waals surface area (Å²) in [7, 11) is 0. The molecule has 2 fully saturated rings. The number of fused-ring (bicyclic) bond motifs is 1. The minimum Gasteiger partial charge on any atom is -0.342 e. The molecule has 1 saturated carbocycles. The Bertz CT molecular complexity index is 626. The van der Waals surface area contributed by atoms with Crippen LogP contribution in [-0.2, 0) is 4.79 Å². The first kappa shape index (κ1) is 12.8. The summed E-state index contributed by atoms with van der Waals surface area (Å²) in [6.45, 7) is 2.03. The van der Waals surface area contributed by atoms with Crippen molar-refractivity contribution >= 4 is 11.6 Å². The molecule has 3 aliphatic rings. The smallest absolute Gasteiger partial charge is 0.202 e. The normalized spacial score (nSPS) is 30.9. The molecule has 1 saturated heterocycles. The van der Waals surface area contributed by atoms with Gasteiger partial charge in [-0.25, -0.2) is 4.39 Å². The molecule has 21 heavy (non-hydrogen) atoms. The molecule has 0 aromatic heterocycles. The molecule has 2 heterocycles. The van der Waals surface area contributed by atoms with Gasteiger partial charge in [-0.05, 0) is 30.9 Å². The maximum absolute atomic E-state index is 14.3. The number of amidine groups is 1. The highest BCUT2D eigenvalue weighted by Gasteiger charge is 2.48. The molecule has 3 atom stereocenters. The van der Waals surface area contributed by atoms with Gasteiger partial charge in [-0.2, -0.15) is 5.10 Å². The van der Waals surface area contributed by atoms with Gasteiger partial charge in [0.25, 0.3) is 0 Å². The Morgan fingerprint density at radius 1 is 1.38 bits per heavy atom. The molecule has 2 aliphatic heterocycles. The van der Waals surface area contributed by atoms with Gasteiger partial charge in [-0.3, -0.25) is 9.80 Å². The number of alkyl halides is 1. The summed E-state index contributed by atoms with van der Waals surface area (Å²) in [6, 6.07) is 7.89. The van der Waals surface area contributed by atoms with Gasteiger partial charge in [0.2, 0.25) is 5.78 Å². The number of rotatable bonds is 3. The third kappa shape index (κ3) is 2.03. The van der Waals surface area contributed by atoms with Crippen molar-refractivity contribution in [3.05, 3.63) is 35.4 Å². The van der Waals surface area contributed by atoms with E-state index in [2.05, 4.69) is 10.4 Å². The van der Waals surface area contributed by atoms with Crippen molar-refractivity contribution < 1.29 is 9.18 Å². The van der Waals surface area contributed by atoms with Gasteiger partial charge in [-0.1, -0.05) is 24.3 Å². The maximum Gasteiger partial charge on any atom is 0.202 e. The van der Waals surface area contributed by atoms with E-state index in [1.807, 2.05) is 31.2 Å². The first-order valence-electron chi connectivity index (χ1n) is 7.52. The first-order chi connectivity index (χ1) is 10.1. The Morgan fingerprint density at radius 2 is 2.14 bits per heavy atom. The Balaban J connectivity index is 1.65. The molecule has 1 N–H and O–H groups in total. The van der Waals surface area contributed by atoms with Crippen molar-refractivity contribution in [2.75, 3.05) is 0 Å². The van der Waals surface area contributed by atoms with E-state index in [0.29, 0.717) is 12.3 Å². The monoisotopic (exact) mass is 287 g/mol. The Labute approximate surface area is 123 Å². The van der Waals surface area contributed by atoms with Crippen molar-refractivity contribution in [1.82, 2.24) is 10.3 Å². The summed E-state index contributed by atoms with van der Waals surface area (Å²) in [5.41, 5.74) is 2.22. The Morgan fingerprint density at radius 3 is 2.86 bits per heavy atom. The van der Waals surface area contributed by atoms with Crippen LogP contribution in [0.25, 0.3) is 0 Å². The number of benzene rings is 1. The van der Waals surface area contributed by atoms with Crippen LogP contribution in [0, 0.1) is 12.8 Å². The molecular weight excluding hydrogens is 269 g/mol. The van der Waals surface area contributed by atoms with Crippen LogP contribution >= 0.6 is 0 Å². The minimum absolute atomic E-state index is 0.0418. The van der Waals surface area contributed by atoms with E-state index < -0.39 is 12.3 Å². The highest BCUT2D eigenvalue weighted by atomic mass is 19.1. The van der Waals surface area contributed by atoms with E-state index in [-0.39, 0.29) is 17.7 Å². The number of carbonyl (C=O) groups is 1. The highest BCUT2D eigenvalue weighted by Crippen LogP contribution is 2.41. The molecule has 4 nitrogen and oxygen atoms in total. The second kappa shape index (κ2) is 4.55. The number of nitrogens with one attached hydrogen (secondary N) is 1. The number of Topliss-reactive ketones (excluding diaryl/α,β-unsaturated/α-hetero) is 1. The summed E-state index contributed by atoms with van der Waals surface area (Å²) < 4.78 is 14.3. The molecule has 1 aromatic carbocycles. The SMILES string of the molecule is Cc1ccccc1[C@@H]1C[C@H](F)C2NC(C(=O)C3CC3)=NN21. The largest absolute Gasteiger partial charge is 0.342 e. The fraction of sp³-hybridized carbons (Fsp3) is 0.500. The van der Waals surface area contributed by atoms with Gasteiger partial charge in [-0.15, -0.1) is 0 Å². The van der Waals surface area contributed by atoms with Crippen LogP contribution in [0.4, 0.5) is 4.39 Å². The van der Waals surface area contributed by atoms with Gasteiger partial charge in [0.15, 0.2) is 5.84 Å². The summed E-state index contributed by atoms with van der Waals surface area (Å²) >= 11 is 0. The predicted octanol–water partition coefficient (Wildman–Crippen LogP) is 2.30. The lowest BCUT2D eigenvalue weighted by Gasteiger charge is -2.23. The van der Waals surface area contributed by atoms with E-state index >= 15 is 0 Å². The van der Waals surface area contributed by atoms with Crippen LogP contribution < -0.4 is 5.32 Å². The van der Waals surface area contributed by atoms with Gasteiger partial charge in [0.1, 0.15) is 12.3 Å². The molecule has 0 amide bonds. The molecule has 110 valence electrons. The first-order valence-corrected chi connectivity index (χ1v) is 7.52. The van der Waals surface area contributed by atoms with E-state index in [9.17, 15) is 9.18 Å². The third-order valence-corrected chi connectivity index (χ3v) is 4.62. The molecule has 5 heteroatoms. The zero-order chi connectivity index (χ0) is 14.6. The Hall–Kier alpha value is -1.91. The van der Waals surface area contributed by atoms with Crippen molar-refractivity contribution in [3.8, 4) is 0 Å². The van der Waals surface area contributed by atoms with Gasteiger partial charge in [0.05, 0.1) is 6.04 Å². The van der Waals surface area contributed by atoms with Crippen LogP contribution in [0.15, 0.2) is 29.4 Å². The average molecular weight is 287 g/mol. The number of hydrogen-bond donors (Lipinski definition) is 1. The number of ketones is 1. The number of hydrazone groups is 1. The van der Waals surface area contributed by atoms with Gasteiger partial charge in [0, 0.05) is 12.3 Å². The zero-order valence-corrected chi connectivity index (χ0v) is 11.9. The molecule has 1 aliphatic carbocycles. The van der Waals surface area contributed by atoms with Crippen LogP contribution in [0.2, 0.25) is 0 Å². The number of halogens is 1. The fourth-order valence-corrected chi connectivity index (χ4v) is 3.27. The lowest BCUT2D eigenvalue weighted by Crippen LogP contribution is -2.41. The van der Waals surface area contributed by atoms with Crippen molar-refractivity contribution in [1.29, 1.82) is 0 Å². The number of carbonyl (C=O) groups excluding carboxylic acids is 1. The number of aryl methyl sites for hydroxylation is 1. The second-order valence-electron chi connectivity index (χ2n) is 6.18. The number of hydrogen-bond acceptors (Lipinski definition) is 4. The summed E-state index contributed by atoms with van der Waals surface area (Å²) in [5.74, 6) is 0.495. The van der Waals surface area contributed by atoms with Gasteiger partial charge >= 0.3 is 0 Å². The van der Waals surface area contributed by atoms with Crippen LogP contribution in [0.3, 0.4) is 0 Å². The minimum atomic E-state index is -1.01. The topological polar surface area (TPSA) is 44.7 Å². The van der Waals surface area contributed by atoms with Gasteiger partial charge < -0.3 is 5.32 Å². The van der Waals surface area contributed by atoms with Crippen molar-refractivity contribution in [2.24, 2.45) is 11.0 Å². The molecular formula is C16H18FN3O. The lowest BCUT2D eigenvalue weighted by molar-refractivity contribution is -0.114. The van der Waals surface area contributed by atoms with E-state index in [4.69, 9.17) is 0 Å². The number of nitrogens with zero attached hydrogens (tertiary/aromatic N) is 2. The summed E-state index contributed by atoms with van der Waals surface area (Å²) in [5, 5.41) is 9.16. The van der Waals surface area contributed by atoms with Crippen LogP contribution in [-0.4, -0.2) is 29.0 Å². The van der Waals surface area contributed by atoms with E-state index in [1.165, 1.54) is 0 Å². The molecule has 4 rings (SSSR count).